The Hall–Kier alpha value is -0.240. The molecule has 2 nitrogen and oxygen atoms in total. The molecule has 0 aliphatic rings. The zero-order chi connectivity index (χ0) is 9.40. The summed E-state index contributed by atoms with van der Waals surface area (Å²) in [6.45, 7) is 3.01. The summed E-state index contributed by atoms with van der Waals surface area (Å²) in [4.78, 5) is 12.7. The maximum Gasteiger partial charge on any atom is 0.237 e. The number of amides is 1. The van der Waals surface area contributed by atoms with Crippen LogP contribution < -0.4 is 0 Å². The zero-order valence-corrected chi connectivity index (χ0v) is 8.73. The average Bonchev–Trinajstić information content (AvgIpc) is 2.10. The molecule has 0 saturated heterocycles. The molecule has 0 aromatic carbocycles. The Kier molecular flexibility index (Phi) is 7.26. The van der Waals surface area contributed by atoms with Gasteiger partial charge in [0.2, 0.25) is 5.91 Å². The van der Waals surface area contributed by atoms with E-state index in [-0.39, 0.29) is 11.8 Å². The molecule has 0 unspecified atom stereocenters. The number of hydrogen-bond donors (Lipinski definition) is 0. The van der Waals surface area contributed by atoms with Gasteiger partial charge in [0.1, 0.15) is 5.88 Å². The lowest BCUT2D eigenvalue weighted by Crippen LogP contribution is -2.28. The van der Waals surface area contributed by atoms with Crippen LogP contribution in [0.5, 0.6) is 0 Å². The third-order valence-corrected chi connectivity index (χ3v) is 2.12. The predicted molar refractivity (Wildman–Crippen MR) is 52.5 cm³/mol. The highest BCUT2D eigenvalue weighted by Crippen LogP contribution is 2.00. The van der Waals surface area contributed by atoms with Crippen molar-refractivity contribution in [2.75, 3.05) is 19.5 Å². The molecule has 1 amide bonds. The van der Waals surface area contributed by atoms with Gasteiger partial charge in [-0.15, -0.1) is 11.6 Å². The van der Waals surface area contributed by atoms with Crippen LogP contribution in [0.1, 0.15) is 32.6 Å². The van der Waals surface area contributed by atoms with Crippen molar-refractivity contribution in [3.8, 4) is 0 Å². The van der Waals surface area contributed by atoms with Crippen LogP contribution in [0.25, 0.3) is 0 Å². The van der Waals surface area contributed by atoms with E-state index < -0.39 is 0 Å². The van der Waals surface area contributed by atoms with Crippen molar-refractivity contribution < 1.29 is 4.79 Å². The largest absolute Gasteiger partial charge is 0.345 e. The SMILES string of the molecule is CCCCCCN(C)C(=O)CCl. The predicted octanol–water partition coefficient (Wildman–Crippen LogP) is 2.26. The van der Waals surface area contributed by atoms with Gasteiger partial charge in [-0.05, 0) is 6.42 Å². The van der Waals surface area contributed by atoms with Gasteiger partial charge in [0.15, 0.2) is 0 Å². The van der Waals surface area contributed by atoms with Gasteiger partial charge in [0.25, 0.3) is 0 Å². The number of halogens is 1. The first kappa shape index (κ1) is 11.8. The van der Waals surface area contributed by atoms with E-state index in [1.807, 2.05) is 0 Å². The quantitative estimate of drug-likeness (QED) is 0.466. The Balaban J connectivity index is 3.31. The molecule has 0 bridgehead atoms. The van der Waals surface area contributed by atoms with Crippen molar-refractivity contribution in [1.82, 2.24) is 4.90 Å². The Bertz CT molecular complexity index is 128. The van der Waals surface area contributed by atoms with Crippen LogP contribution in [0.3, 0.4) is 0 Å². The molecule has 0 spiro atoms. The average molecular weight is 192 g/mol. The van der Waals surface area contributed by atoms with Crippen LogP contribution in [0.15, 0.2) is 0 Å². The van der Waals surface area contributed by atoms with Crippen LogP contribution in [-0.4, -0.2) is 30.3 Å². The number of nitrogens with zero attached hydrogens (tertiary/aromatic N) is 1. The second kappa shape index (κ2) is 7.41. The van der Waals surface area contributed by atoms with Crippen LogP contribution in [-0.2, 0) is 4.79 Å². The molecule has 0 atom stereocenters. The lowest BCUT2D eigenvalue weighted by Gasteiger charge is -2.14. The molecular formula is C9H18ClNO. The highest BCUT2D eigenvalue weighted by Gasteiger charge is 2.04. The third kappa shape index (κ3) is 5.42. The van der Waals surface area contributed by atoms with E-state index in [1.165, 1.54) is 19.3 Å². The molecule has 0 fully saturated rings. The molecule has 0 heterocycles. The van der Waals surface area contributed by atoms with E-state index in [0.717, 1.165) is 13.0 Å². The van der Waals surface area contributed by atoms with Gasteiger partial charge in [0.05, 0.1) is 0 Å². The molecule has 0 aliphatic carbocycles. The van der Waals surface area contributed by atoms with Crippen molar-refractivity contribution in [2.24, 2.45) is 0 Å². The Morgan fingerprint density at radius 3 is 2.50 bits per heavy atom. The van der Waals surface area contributed by atoms with Crippen LogP contribution in [0.4, 0.5) is 0 Å². The van der Waals surface area contributed by atoms with Crippen molar-refractivity contribution in [3.05, 3.63) is 0 Å². The maximum absolute atomic E-state index is 11.0. The Morgan fingerprint density at radius 1 is 1.33 bits per heavy atom. The molecule has 0 radical (unpaired) electrons. The second-order valence-electron chi connectivity index (χ2n) is 3.01. The summed E-state index contributed by atoms with van der Waals surface area (Å²) < 4.78 is 0. The first-order valence-corrected chi connectivity index (χ1v) is 5.05. The van der Waals surface area contributed by atoms with Gasteiger partial charge in [-0.25, -0.2) is 0 Å². The number of carbonyl (C=O) groups excluding carboxylic acids is 1. The van der Waals surface area contributed by atoms with Gasteiger partial charge >= 0.3 is 0 Å². The number of hydrogen-bond acceptors (Lipinski definition) is 1. The minimum atomic E-state index is 0.0214. The fourth-order valence-electron chi connectivity index (χ4n) is 1.00. The summed E-state index contributed by atoms with van der Waals surface area (Å²) in [6, 6.07) is 0. The van der Waals surface area contributed by atoms with Gasteiger partial charge < -0.3 is 4.90 Å². The van der Waals surface area contributed by atoms with E-state index in [4.69, 9.17) is 11.6 Å². The lowest BCUT2D eigenvalue weighted by atomic mass is 10.2. The monoisotopic (exact) mass is 191 g/mol. The van der Waals surface area contributed by atoms with Gasteiger partial charge in [-0.3, -0.25) is 4.79 Å². The molecule has 72 valence electrons. The lowest BCUT2D eigenvalue weighted by molar-refractivity contribution is -0.127. The molecular weight excluding hydrogens is 174 g/mol. The van der Waals surface area contributed by atoms with Gasteiger partial charge in [-0.2, -0.15) is 0 Å². The third-order valence-electron chi connectivity index (χ3n) is 1.89. The fraction of sp³-hybridized carbons (Fsp3) is 0.889. The van der Waals surface area contributed by atoms with Crippen molar-refractivity contribution in [3.63, 3.8) is 0 Å². The second-order valence-corrected chi connectivity index (χ2v) is 3.28. The smallest absolute Gasteiger partial charge is 0.237 e. The molecule has 0 aromatic heterocycles. The number of alkyl halides is 1. The Labute approximate surface area is 79.9 Å². The molecule has 0 aromatic rings. The van der Waals surface area contributed by atoms with E-state index in [2.05, 4.69) is 6.92 Å². The van der Waals surface area contributed by atoms with Gasteiger partial charge in [-0.1, -0.05) is 26.2 Å². The normalized spacial score (nSPS) is 9.92. The van der Waals surface area contributed by atoms with Crippen LogP contribution >= 0.6 is 11.6 Å². The summed E-state index contributed by atoms with van der Waals surface area (Å²) >= 11 is 5.40. The summed E-state index contributed by atoms with van der Waals surface area (Å²) in [5.41, 5.74) is 0. The maximum atomic E-state index is 11.0. The summed E-state index contributed by atoms with van der Waals surface area (Å²) in [6.07, 6.45) is 4.78. The fourth-order valence-corrected chi connectivity index (χ4v) is 1.21. The molecule has 12 heavy (non-hydrogen) atoms. The Morgan fingerprint density at radius 2 is 2.00 bits per heavy atom. The standard InChI is InChI=1S/C9H18ClNO/c1-3-4-5-6-7-11(2)9(12)8-10/h3-8H2,1-2H3. The van der Waals surface area contributed by atoms with Crippen molar-refractivity contribution in [1.29, 1.82) is 0 Å². The summed E-state index contributed by atoms with van der Waals surface area (Å²) in [7, 11) is 1.80. The minimum Gasteiger partial charge on any atom is -0.345 e. The zero-order valence-electron chi connectivity index (χ0n) is 7.98. The number of unbranched alkanes of at least 4 members (excludes halogenated alkanes) is 3. The van der Waals surface area contributed by atoms with Crippen molar-refractivity contribution >= 4 is 17.5 Å². The molecule has 0 N–H and O–H groups in total. The van der Waals surface area contributed by atoms with Crippen LogP contribution in [0, 0.1) is 0 Å². The molecule has 0 rings (SSSR count). The number of rotatable bonds is 6. The van der Waals surface area contributed by atoms with E-state index in [0.29, 0.717) is 0 Å². The molecule has 0 saturated carbocycles. The highest BCUT2D eigenvalue weighted by molar-refractivity contribution is 6.27. The van der Waals surface area contributed by atoms with E-state index >= 15 is 0 Å². The summed E-state index contributed by atoms with van der Waals surface area (Å²) in [5, 5.41) is 0. The first-order valence-electron chi connectivity index (χ1n) is 4.52. The topological polar surface area (TPSA) is 20.3 Å². The van der Waals surface area contributed by atoms with Crippen molar-refractivity contribution in [2.45, 2.75) is 32.6 Å². The highest BCUT2D eigenvalue weighted by atomic mass is 35.5. The van der Waals surface area contributed by atoms with Gasteiger partial charge in [0, 0.05) is 13.6 Å². The van der Waals surface area contributed by atoms with E-state index in [1.54, 1.807) is 11.9 Å². The number of carbonyl (C=O) groups is 1. The van der Waals surface area contributed by atoms with Crippen LogP contribution in [0.2, 0.25) is 0 Å². The summed E-state index contributed by atoms with van der Waals surface area (Å²) in [5.74, 6) is 0.123. The minimum absolute atomic E-state index is 0.0214. The molecule has 0 aliphatic heterocycles. The first-order chi connectivity index (χ1) is 5.72. The van der Waals surface area contributed by atoms with E-state index in [9.17, 15) is 4.79 Å². The molecule has 3 heteroatoms.